The highest BCUT2D eigenvalue weighted by Crippen LogP contribution is 2.22. The summed E-state index contributed by atoms with van der Waals surface area (Å²) in [7, 11) is 1.71. The van der Waals surface area contributed by atoms with Crippen molar-refractivity contribution in [3.8, 4) is 0 Å². The molecule has 1 aliphatic rings. The molecule has 1 aromatic rings. The normalized spacial score (nSPS) is 19.6. The number of amides is 1. The number of carbonyl (C=O) groups excluding carboxylic acids is 1. The van der Waals surface area contributed by atoms with Crippen molar-refractivity contribution >= 4 is 5.91 Å². The van der Waals surface area contributed by atoms with Crippen molar-refractivity contribution in [3.05, 3.63) is 35.4 Å². The molecule has 0 aliphatic carbocycles. The third-order valence-electron chi connectivity index (χ3n) is 4.02. The van der Waals surface area contributed by atoms with Crippen LogP contribution in [0.4, 0.5) is 0 Å². The van der Waals surface area contributed by atoms with Crippen LogP contribution in [0.25, 0.3) is 0 Å². The number of nitrogens with zero attached hydrogens (tertiary/aromatic N) is 1. The number of likely N-dealkylation sites (tertiary alicyclic amines) is 1. The van der Waals surface area contributed by atoms with Crippen LogP contribution in [0.3, 0.4) is 0 Å². The van der Waals surface area contributed by atoms with E-state index in [1.165, 1.54) is 11.1 Å². The molecule has 3 nitrogen and oxygen atoms in total. The molecule has 1 fully saturated rings. The van der Waals surface area contributed by atoms with Crippen LogP contribution in [0.15, 0.2) is 24.3 Å². The molecule has 1 heterocycles. The van der Waals surface area contributed by atoms with E-state index in [0.717, 1.165) is 32.5 Å². The third kappa shape index (κ3) is 3.80. The van der Waals surface area contributed by atoms with Crippen LogP contribution in [0, 0.1) is 5.92 Å². The number of nitrogens with one attached hydrogen (secondary N) is 1. The monoisotopic (exact) mass is 260 g/mol. The Morgan fingerprint density at radius 2 is 2.11 bits per heavy atom. The van der Waals surface area contributed by atoms with Gasteiger partial charge in [-0.05, 0) is 36.4 Å². The van der Waals surface area contributed by atoms with Crippen LogP contribution < -0.4 is 5.32 Å². The van der Waals surface area contributed by atoms with Crippen molar-refractivity contribution in [3.63, 3.8) is 0 Å². The molecular formula is C16H24N2O. The minimum absolute atomic E-state index is 0.167. The summed E-state index contributed by atoms with van der Waals surface area (Å²) in [5, 5.41) is 2.72. The standard InChI is InChI=1S/C16H24N2O/c1-3-14-6-4-5-7-15(14)12-18-9-8-13(11-18)10-16(19)17-2/h4-7,13H,3,8-12H2,1-2H3,(H,17,19). The van der Waals surface area contributed by atoms with Gasteiger partial charge in [0.25, 0.3) is 0 Å². The number of hydrogen-bond acceptors (Lipinski definition) is 2. The molecule has 1 unspecified atom stereocenters. The predicted octanol–water partition coefficient (Wildman–Crippen LogP) is 2.21. The average molecular weight is 260 g/mol. The minimum atomic E-state index is 0.167. The van der Waals surface area contributed by atoms with Gasteiger partial charge < -0.3 is 5.32 Å². The fourth-order valence-electron chi connectivity index (χ4n) is 2.88. The highest BCUT2D eigenvalue weighted by atomic mass is 16.1. The molecule has 1 amide bonds. The molecule has 1 atom stereocenters. The van der Waals surface area contributed by atoms with E-state index in [0.29, 0.717) is 12.3 Å². The van der Waals surface area contributed by atoms with Gasteiger partial charge in [0.05, 0.1) is 0 Å². The second-order valence-corrected chi connectivity index (χ2v) is 5.39. The van der Waals surface area contributed by atoms with Gasteiger partial charge in [0.15, 0.2) is 0 Å². The molecule has 104 valence electrons. The number of benzene rings is 1. The second kappa shape index (κ2) is 6.71. The molecule has 3 heteroatoms. The Kier molecular flexibility index (Phi) is 4.97. The average Bonchev–Trinajstić information content (AvgIpc) is 2.86. The largest absolute Gasteiger partial charge is 0.359 e. The molecule has 1 saturated heterocycles. The molecule has 1 aliphatic heterocycles. The van der Waals surface area contributed by atoms with Crippen LogP contribution in [0.1, 0.15) is 30.9 Å². The van der Waals surface area contributed by atoms with Crippen molar-refractivity contribution in [1.29, 1.82) is 0 Å². The Morgan fingerprint density at radius 3 is 2.79 bits per heavy atom. The Labute approximate surface area is 116 Å². The predicted molar refractivity (Wildman–Crippen MR) is 77.9 cm³/mol. The summed E-state index contributed by atoms with van der Waals surface area (Å²) in [6.45, 7) is 5.39. The van der Waals surface area contributed by atoms with Gasteiger partial charge in [0.2, 0.25) is 5.91 Å². The lowest BCUT2D eigenvalue weighted by Gasteiger charge is -2.18. The Balaban J connectivity index is 1.89. The zero-order chi connectivity index (χ0) is 13.7. The quantitative estimate of drug-likeness (QED) is 0.880. The van der Waals surface area contributed by atoms with E-state index >= 15 is 0 Å². The molecule has 0 aromatic heterocycles. The maximum atomic E-state index is 11.4. The van der Waals surface area contributed by atoms with Gasteiger partial charge in [-0.1, -0.05) is 31.2 Å². The highest BCUT2D eigenvalue weighted by molar-refractivity contribution is 5.75. The molecular weight excluding hydrogens is 236 g/mol. The molecule has 0 bridgehead atoms. The fourth-order valence-corrected chi connectivity index (χ4v) is 2.88. The molecule has 1 N–H and O–H groups in total. The first kappa shape index (κ1) is 14.1. The summed E-state index contributed by atoms with van der Waals surface area (Å²) < 4.78 is 0. The van der Waals surface area contributed by atoms with Crippen molar-refractivity contribution in [1.82, 2.24) is 10.2 Å². The SMILES string of the molecule is CCc1ccccc1CN1CCC(CC(=O)NC)C1. The van der Waals surface area contributed by atoms with Crippen LogP contribution in [0.2, 0.25) is 0 Å². The van der Waals surface area contributed by atoms with Gasteiger partial charge >= 0.3 is 0 Å². The van der Waals surface area contributed by atoms with E-state index in [-0.39, 0.29) is 5.91 Å². The summed E-state index contributed by atoms with van der Waals surface area (Å²) in [5.74, 6) is 0.689. The van der Waals surface area contributed by atoms with Gasteiger partial charge in [0.1, 0.15) is 0 Å². The first-order valence-electron chi connectivity index (χ1n) is 7.22. The topological polar surface area (TPSA) is 32.3 Å². The lowest BCUT2D eigenvalue weighted by Crippen LogP contribution is -2.24. The van der Waals surface area contributed by atoms with Gasteiger partial charge in [-0.25, -0.2) is 0 Å². The summed E-state index contributed by atoms with van der Waals surface area (Å²) in [5.41, 5.74) is 2.88. The molecule has 1 aromatic carbocycles. The number of carbonyl (C=O) groups is 1. The Bertz CT molecular complexity index is 431. The smallest absolute Gasteiger partial charge is 0.220 e. The first-order valence-corrected chi connectivity index (χ1v) is 7.22. The van der Waals surface area contributed by atoms with E-state index < -0.39 is 0 Å². The summed E-state index contributed by atoms with van der Waals surface area (Å²) >= 11 is 0. The molecule has 0 saturated carbocycles. The highest BCUT2D eigenvalue weighted by Gasteiger charge is 2.24. The van der Waals surface area contributed by atoms with Crippen LogP contribution in [-0.4, -0.2) is 30.9 Å². The summed E-state index contributed by atoms with van der Waals surface area (Å²) in [6.07, 6.45) is 2.90. The maximum absolute atomic E-state index is 11.4. The summed E-state index contributed by atoms with van der Waals surface area (Å²) in [4.78, 5) is 13.9. The van der Waals surface area contributed by atoms with Crippen LogP contribution in [-0.2, 0) is 17.8 Å². The Morgan fingerprint density at radius 1 is 1.37 bits per heavy atom. The van der Waals surface area contributed by atoms with Gasteiger partial charge in [0, 0.05) is 26.6 Å². The molecule has 0 radical (unpaired) electrons. The molecule has 0 spiro atoms. The van der Waals surface area contributed by atoms with Crippen molar-refractivity contribution in [2.75, 3.05) is 20.1 Å². The van der Waals surface area contributed by atoms with Crippen molar-refractivity contribution < 1.29 is 4.79 Å². The summed E-state index contributed by atoms with van der Waals surface area (Å²) in [6, 6.07) is 8.67. The fraction of sp³-hybridized carbons (Fsp3) is 0.562. The number of aryl methyl sites for hydroxylation is 1. The second-order valence-electron chi connectivity index (χ2n) is 5.39. The van der Waals surface area contributed by atoms with Gasteiger partial charge in [-0.15, -0.1) is 0 Å². The van der Waals surface area contributed by atoms with Crippen molar-refractivity contribution in [2.24, 2.45) is 5.92 Å². The van der Waals surface area contributed by atoms with Crippen molar-refractivity contribution in [2.45, 2.75) is 32.7 Å². The van der Waals surface area contributed by atoms with Crippen LogP contribution in [0.5, 0.6) is 0 Å². The number of hydrogen-bond donors (Lipinski definition) is 1. The van der Waals surface area contributed by atoms with E-state index in [2.05, 4.69) is 41.4 Å². The number of rotatable bonds is 5. The first-order chi connectivity index (χ1) is 9.22. The zero-order valence-corrected chi connectivity index (χ0v) is 12.0. The lowest BCUT2D eigenvalue weighted by atomic mass is 10.0. The Hall–Kier alpha value is -1.35. The van der Waals surface area contributed by atoms with E-state index in [1.54, 1.807) is 7.05 Å². The van der Waals surface area contributed by atoms with E-state index in [9.17, 15) is 4.79 Å². The molecule has 2 rings (SSSR count). The third-order valence-corrected chi connectivity index (χ3v) is 4.02. The zero-order valence-electron chi connectivity index (χ0n) is 12.0. The minimum Gasteiger partial charge on any atom is -0.359 e. The van der Waals surface area contributed by atoms with Gasteiger partial charge in [-0.2, -0.15) is 0 Å². The maximum Gasteiger partial charge on any atom is 0.220 e. The van der Waals surface area contributed by atoms with Gasteiger partial charge in [-0.3, -0.25) is 9.69 Å². The lowest BCUT2D eigenvalue weighted by molar-refractivity contribution is -0.121. The van der Waals surface area contributed by atoms with Crippen LogP contribution >= 0.6 is 0 Å². The molecule has 19 heavy (non-hydrogen) atoms. The van der Waals surface area contributed by atoms with E-state index in [4.69, 9.17) is 0 Å². The van der Waals surface area contributed by atoms with E-state index in [1.807, 2.05) is 0 Å².